The summed E-state index contributed by atoms with van der Waals surface area (Å²) in [5.41, 5.74) is 2.69. The van der Waals surface area contributed by atoms with E-state index >= 15 is 0 Å². The molecule has 0 spiro atoms. The van der Waals surface area contributed by atoms with Gasteiger partial charge in [0.2, 0.25) is 5.91 Å². The highest BCUT2D eigenvalue weighted by Crippen LogP contribution is 2.39. The number of benzene rings is 1. The van der Waals surface area contributed by atoms with Gasteiger partial charge >= 0.3 is 0 Å². The van der Waals surface area contributed by atoms with Crippen molar-refractivity contribution in [3.8, 4) is 5.69 Å². The molecule has 1 aliphatic carbocycles. The molecule has 1 N–H and O–H groups in total. The van der Waals surface area contributed by atoms with Crippen LogP contribution < -0.4 is 5.32 Å². The number of carbonyl (C=O) groups is 1. The second-order valence-electron chi connectivity index (χ2n) is 7.38. The molecule has 2 aromatic rings. The lowest BCUT2D eigenvalue weighted by Crippen LogP contribution is -2.50. The first-order chi connectivity index (χ1) is 12.5. The average Bonchev–Trinajstić information content (AvgIpc) is 3.10. The Kier molecular flexibility index (Phi) is 5.36. The fourth-order valence-electron chi connectivity index (χ4n) is 3.71. The predicted molar refractivity (Wildman–Crippen MR) is 98.0 cm³/mol. The van der Waals surface area contributed by atoms with Gasteiger partial charge in [0.1, 0.15) is 12.1 Å². The zero-order valence-corrected chi connectivity index (χ0v) is 16.0. The first-order valence-corrected chi connectivity index (χ1v) is 9.12. The minimum atomic E-state index is -0.568. The van der Waals surface area contributed by atoms with E-state index in [0.29, 0.717) is 11.7 Å². The fraction of sp³-hybridized carbons (Fsp3) is 0.579. The van der Waals surface area contributed by atoms with Crippen LogP contribution in [-0.2, 0) is 15.1 Å². The van der Waals surface area contributed by atoms with Gasteiger partial charge in [-0.15, -0.1) is 5.10 Å². The van der Waals surface area contributed by atoms with Crippen LogP contribution in [0.2, 0.25) is 0 Å². The van der Waals surface area contributed by atoms with Crippen LogP contribution in [0.15, 0.2) is 18.2 Å². The van der Waals surface area contributed by atoms with E-state index in [-0.39, 0.29) is 12.5 Å². The molecule has 7 nitrogen and oxygen atoms in total. The number of aromatic nitrogens is 4. The largest absolute Gasteiger partial charge is 0.375 e. The second-order valence-corrected chi connectivity index (χ2v) is 7.38. The van der Waals surface area contributed by atoms with E-state index in [2.05, 4.69) is 47.7 Å². The highest BCUT2D eigenvalue weighted by atomic mass is 16.5. The van der Waals surface area contributed by atoms with Gasteiger partial charge in [0.05, 0.1) is 5.69 Å². The molecule has 1 aliphatic rings. The molecule has 7 heteroatoms. The standard InChI is InChI=1S/C19H27N5O2/c1-13-8-10-19(11-9-13,20-17(25)12-26-4)18-21-22-23-24(18)16-7-5-6-14(2)15(16)3/h5-7,13H,8-12H2,1-4H3,(H,20,25). The van der Waals surface area contributed by atoms with Gasteiger partial charge in [-0.1, -0.05) is 19.1 Å². The quantitative estimate of drug-likeness (QED) is 0.889. The zero-order valence-electron chi connectivity index (χ0n) is 16.0. The molecular formula is C19H27N5O2. The van der Waals surface area contributed by atoms with E-state index in [1.165, 1.54) is 12.7 Å². The fourth-order valence-corrected chi connectivity index (χ4v) is 3.71. The molecule has 1 saturated carbocycles. The molecule has 26 heavy (non-hydrogen) atoms. The van der Waals surface area contributed by atoms with Crippen molar-refractivity contribution in [1.29, 1.82) is 0 Å². The topological polar surface area (TPSA) is 81.9 Å². The maximum Gasteiger partial charge on any atom is 0.246 e. The van der Waals surface area contributed by atoms with Crippen LogP contribution >= 0.6 is 0 Å². The number of amides is 1. The van der Waals surface area contributed by atoms with Gasteiger partial charge < -0.3 is 10.1 Å². The van der Waals surface area contributed by atoms with Crippen LogP contribution in [-0.4, -0.2) is 39.8 Å². The Morgan fingerprint density at radius 1 is 1.35 bits per heavy atom. The van der Waals surface area contributed by atoms with Crippen molar-refractivity contribution in [3.05, 3.63) is 35.2 Å². The maximum absolute atomic E-state index is 12.3. The monoisotopic (exact) mass is 357 g/mol. The molecule has 0 atom stereocenters. The number of tetrazole rings is 1. The van der Waals surface area contributed by atoms with E-state index in [1.54, 1.807) is 4.68 Å². The Hall–Kier alpha value is -2.28. The molecule has 0 unspecified atom stereocenters. The number of hydrogen-bond acceptors (Lipinski definition) is 5. The predicted octanol–water partition coefficient (Wildman–Crippen LogP) is 2.45. The van der Waals surface area contributed by atoms with Crippen molar-refractivity contribution in [2.75, 3.05) is 13.7 Å². The van der Waals surface area contributed by atoms with Crippen molar-refractivity contribution in [2.24, 2.45) is 5.92 Å². The molecule has 1 amide bonds. The van der Waals surface area contributed by atoms with Crippen LogP contribution in [0.25, 0.3) is 5.69 Å². The second kappa shape index (κ2) is 7.53. The Morgan fingerprint density at radius 3 is 2.77 bits per heavy atom. The van der Waals surface area contributed by atoms with Gasteiger partial charge in [-0.3, -0.25) is 4.79 Å². The lowest BCUT2D eigenvalue weighted by molar-refractivity contribution is -0.127. The summed E-state index contributed by atoms with van der Waals surface area (Å²) in [6.07, 6.45) is 3.67. The Morgan fingerprint density at radius 2 is 2.08 bits per heavy atom. The highest BCUT2D eigenvalue weighted by molar-refractivity contribution is 5.78. The van der Waals surface area contributed by atoms with Crippen LogP contribution in [0.4, 0.5) is 0 Å². The number of carbonyl (C=O) groups excluding carboxylic acids is 1. The van der Waals surface area contributed by atoms with Gasteiger partial charge in [-0.05, 0) is 73.1 Å². The SMILES string of the molecule is COCC(=O)NC1(c2nnnn2-c2cccc(C)c2C)CCC(C)CC1. The van der Waals surface area contributed by atoms with Gasteiger partial charge in [0, 0.05) is 7.11 Å². The van der Waals surface area contributed by atoms with E-state index in [1.807, 2.05) is 12.1 Å². The van der Waals surface area contributed by atoms with E-state index in [4.69, 9.17) is 4.74 Å². The Balaban J connectivity index is 2.04. The molecule has 140 valence electrons. The number of rotatable bonds is 5. The van der Waals surface area contributed by atoms with E-state index in [9.17, 15) is 4.79 Å². The van der Waals surface area contributed by atoms with Crippen molar-refractivity contribution in [3.63, 3.8) is 0 Å². The molecule has 1 aromatic carbocycles. The molecule has 0 radical (unpaired) electrons. The minimum absolute atomic E-state index is 0.0301. The summed E-state index contributed by atoms with van der Waals surface area (Å²) in [4.78, 5) is 12.3. The first kappa shape index (κ1) is 18.5. The summed E-state index contributed by atoms with van der Waals surface area (Å²) in [5, 5.41) is 15.7. The Labute approximate surface area is 154 Å². The maximum atomic E-state index is 12.3. The number of aryl methyl sites for hydroxylation is 1. The number of nitrogens with one attached hydrogen (secondary N) is 1. The molecule has 0 aliphatic heterocycles. The summed E-state index contributed by atoms with van der Waals surface area (Å²) < 4.78 is 6.79. The van der Waals surface area contributed by atoms with E-state index < -0.39 is 5.54 Å². The molecule has 0 bridgehead atoms. The number of ether oxygens (including phenoxy) is 1. The summed E-state index contributed by atoms with van der Waals surface area (Å²) in [6.45, 7) is 6.41. The van der Waals surface area contributed by atoms with E-state index in [0.717, 1.165) is 36.9 Å². The van der Waals surface area contributed by atoms with Crippen LogP contribution in [0.3, 0.4) is 0 Å². The lowest BCUT2D eigenvalue weighted by atomic mass is 9.76. The molecular weight excluding hydrogens is 330 g/mol. The van der Waals surface area contributed by atoms with Crippen LogP contribution in [0, 0.1) is 19.8 Å². The first-order valence-electron chi connectivity index (χ1n) is 9.12. The highest BCUT2D eigenvalue weighted by Gasteiger charge is 2.42. The van der Waals surface area contributed by atoms with Gasteiger partial charge in [0.15, 0.2) is 5.82 Å². The third-order valence-corrected chi connectivity index (χ3v) is 5.48. The van der Waals surface area contributed by atoms with Crippen LogP contribution in [0.1, 0.15) is 49.6 Å². The van der Waals surface area contributed by atoms with Gasteiger partial charge in [-0.25, -0.2) is 0 Å². The van der Waals surface area contributed by atoms with Crippen LogP contribution in [0.5, 0.6) is 0 Å². The number of hydrogen-bond donors (Lipinski definition) is 1. The number of methoxy groups -OCH3 is 1. The zero-order chi connectivity index (χ0) is 18.7. The third kappa shape index (κ3) is 3.49. The number of nitrogens with zero attached hydrogens (tertiary/aromatic N) is 4. The molecule has 1 aromatic heterocycles. The van der Waals surface area contributed by atoms with Crippen molar-refractivity contribution < 1.29 is 9.53 Å². The summed E-state index contributed by atoms with van der Waals surface area (Å²) in [6, 6.07) is 6.09. The molecule has 1 heterocycles. The van der Waals surface area contributed by atoms with Gasteiger partial charge in [0.25, 0.3) is 0 Å². The lowest BCUT2D eigenvalue weighted by Gasteiger charge is -2.39. The molecule has 3 rings (SSSR count). The summed E-state index contributed by atoms with van der Waals surface area (Å²) in [5.74, 6) is 1.19. The summed E-state index contributed by atoms with van der Waals surface area (Å²) >= 11 is 0. The average molecular weight is 357 g/mol. The molecule has 1 fully saturated rings. The van der Waals surface area contributed by atoms with Gasteiger partial charge in [-0.2, -0.15) is 4.68 Å². The smallest absolute Gasteiger partial charge is 0.246 e. The Bertz CT molecular complexity index is 778. The minimum Gasteiger partial charge on any atom is -0.375 e. The van der Waals surface area contributed by atoms with Crippen molar-refractivity contribution >= 4 is 5.91 Å². The third-order valence-electron chi connectivity index (χ3n) is 5.48. The summed E-state index contributed by atoms with van der Waals surface area (Å²) in [7, 11) is 1.52. The van der Waals surface area contributed by atoms with Crippen molar-refractivity contribution in [2.45, 2.75) is 52.0 Å². The normalized spacial score (nSPS) is 23.0. The van der Waals surface area contributed by atoms with Crippen molar-refractivity contribution in [1.82, 2.24) is 25.5 Å². The molecule has 0 saturated heterocycles.